The molecular formula is C17H15N5O2S. The molecule has 3 heterocycles. The van der Waals surface area contributed by atoms with Crippen molar-refractivity contribution in [3.05, 3.63) is 53.0 Å². The minimum atomic E-state index is -0.383. The molecule has 0 aliphatic carbocycles. The van der Waals surface area contributed by atoms with Crippen LogP contribution in [0.2, 0.25) is 0 Å². The highest BCUT2D eigenvalue weighted by atomic mass is 32.1. The number of amides is 1. The van der Waals surface area contributed by atoms with E-state index in [1.807, 2.05) is 13.8 Å². The van der Waals surface area contributed by atoms with Crippen molar-refractivity contribution in [2.24, 2.45) is 0 Å². The summed E-state index contributed by atoms with van der Waals surface area (Å²) in [5.74, 6) is 0.292. The smallest absolute Gasteiger partial charge is 0.295 e. The Hall–Kier alpha value is -3.00. The van der Waals surface area contributed by atoms with Crippen molar-refractivity contribution in [1.82, 2.24) is 19.9 Å². The van der Waals surface area contributed by atoms with Gasteiger partial charge in [0, 0.05) is 12.1 Å². The molecule has 4 aromatic rings. The van der Waals surface area contributed by atoms with Gasteiger partial charge in [-0.2, -0.15) is 9.78 Å². The molecule has 0 aliphatic rings. The number of rotatable bonds is 3. The molecule has 8 heteroatoms. The molecule has 1 amide bonds. The maximum absolute atomic E-state index is 12.2. The Morgan fingerprint density at radius 1 is 1.24 bits per heavy atom. The van der Waals surface area contributed by atoms with Crippen molar-refractivity contribution in [2.45, 2.75) is 20.8 Å². The van der Waals surface area contributed by atoms with Crippen molar-refractivity contribution >= 4 is 33.3 Å². The lowest BCUT2D eigenvalue weighted by molar-refractivity contribution is 0.0987. The summed E-state index contributed by atoms with van der Waals surface area (Å²) in [7, 11) is 0. The van der Waals surface area contributed by atoms with Gasteiger partial charge in [0.2, 0.25) is 10.9 Å². The molecule has 3 aromatic heterocycles. The third-order valence-corrected chi connectivity index (χ3v) is 4.71. The lowest BCUT2D eigenvalue weighted by Crippen LogP contribution is -2.14. The zero-order valence-electron chi connectivity index (χ0n) is 13.9. The molecule has 1 N–H and O–H groups in total. The topological polar surface area (TPSA) is 85.8 Å². The first-order chi connectivity index (χ1) is 12.0. The Bertz CT molecular complexity index is 1080. The van der Waals surface area contributed by atoms with Gasteiger partial charge in [-0.25, -0.2) is 4.98 Å². The van der Waals surface area contributed by atoms with Crippen LogP contribution in [-0.2, 0) is 0 Å². The van der Waals surface area contributed by atoms with Gasteiger partial charge in [-0.3, -0.25) is 4.79 Å². The van der Waals surface area contributed by atoms with Crippen LogP contribution in [0.15, 0.2) is 35.0 Å². The van der Waals surface area contributed by atoms with Crippen molar-refractivity contribution in [1.29, 1.82) is 0 Å². The minimum absolute atomic E-state index is 0.140. The summed E-state index contributed by atoms with van der Waals surface area (Å²) in [4.78, 5) is 16.9. The number of thiazole rings is 1. The van der Waals surface area contributed by atoms with E-state index >= 15 is 0 Å². The predicted molar refractivity (Wildman–Crippen MR) is 95.4 cm³/mol. The van der Waals surface area contributed by atoms with Gasteiger partial charge >= 0.3 is 0 Å². The number of aromatic nitrogens is 4. The molecule has 7 nitrogen and oxygen atoms in total. The van der Waals surface area contributed by atoms with E-state index in [4.69, 9.17) is 9.51 Å². The van der Waals surface area contributed by atoms with Crippen LogP contribution in [0.25, 0.3) is 15.3 Å². The molecule has 1 aromatic carbocycles. The van der Waals surface area contributed by atoms with Crippen LogP contribution in [0.1, 0.15) is 27.4 Å². The van der Waals surface area contributed by atoms with Gasteiger partial charge < -0.3 is 9.84 Å². The Morgan fingerprint density at radius 2 is 2.08 bits per heavy atom. The first-order valence-electron chi connectivity index (χ1n) is 7.68. The van der Waals surface area contributed by atoms with E-state index in [0.717, 1.165) is 21.5 Å². The Balaban J connectivity index is 1.76. The number of anilines is 1. The number of hydrogen-bond acceptors (Lipinski definition) is 6. The minimum Gasteiger partial charge on any atom is -0.351 e. The molecule has 0 spiro atoms. The van der Waals surface area contributed by atoms with Crippen LogP contribution in [0.5, 0.6) is 0 Å². The molecule has 0 saturated heterocycles. The van der Waals surface area contributed by atoms with Gasteiger partial charge in [0.05, 0.1) is 22.1 Å². The molecule has 0 radical (unpaired) electrons. The summed E-state index contributed by atoms with van der Waals surface area (Å²) in [5, 5.41) is 11.5. The number of carbonyl (C=O) groups excluding carboxylic acids is 1. The lowest BCUT2D eigenvalue weighted by atomic mass is 10.1. The number of benzene rings is 1. The van der Waals surface area contributed by atoms with E-state index in [-0.39, 0.29) is 11.7 Å². The Kier molecular flexibility index (Phi) is 3.61. The van der Waals surface area contributed by atoms with E-state index in [9.17, 15) is 4.79 Å². The molecule has 0 unspecified atom stereocenters. The first-order valence-corrected chi connectivity index (χ1v) is 8.50. The zero-order chi connectivity index (χ0) is 17.6. The van der Waals surface area contributed by atoms with Crippen LogP contribution in [0.3, 0.4) is 0 Å². The zero-order valence-corrected chi connectivity index (χ0v) is 14.7. The predicted octanol–water partition coefficient (Wildman–Crippen LogP) is 3.65. The maximum atomic E-state index is 12.2. The van der Waals surface area contributed by atoms with Gasteiger partial charge in [0.1, 0.15) is 5.82 Å². The lowest BCUT2D eigenvalue weighted by Gasteiger charge is -2.04. The van der Waals surface area contributed by atoms with Gasteiger partial charge in [-0.05, 0) is 38.0 Å². The van der Waals surface area contributed by atoms with E-state index in [2.05, 4.69) is 34.6 Å². The first kappa shape index (κ1) is 15.5. The molecule has 25 heavy (non-hydrogen) atoms. The molecule has 0 fully saturated rings. The third kappa shape index (κ3) is 2.80. The number of aryl methyl sites for hydroxylation is 3. The fraction of sp³-hybridized carbons (Fsp3) is 0.176. The van der Waals surface area contributed by atoms with Crippen LogP contribution in [0.4, 0.5) is 5.82 Å². The summed E-state index contributed by atoms with van der Waals surface area (Å²) in [6.07, 6.45) is 1.43. The normalized spacial score (nSPS) is 11.2. The number of nitrogens with one attached hydrogen (secondary N) is 1. The van der Waals surface area contributed by atoms with Gasteiger partial charge in [-0.1, -0.05) is 22.6 Å². The van der Waals surface area contributed by atoms with Gasteiger partial charge in [-0.15, -0.1) is 0 Å². The van der Waals surface area contributed by atoms with E-state index in [0.29, 0.717) is 10.9 Å². The van der Waals surface area contributed by atoms with Crippen molar-refractivity contribution in [2.75, 3.05) is 5.32 Å². The highest BCUT2D eigenvalue weighted by molar-refractivity contribution is 7.20. The maximum Gasteiger partial charge on any atom is 0.295 e. The standard InChI is InChI=1S/C17H15N5O2S/c1-9-6-10(2)15-13(7-9)25-17(20-15)22-14(8-11(3)21-22)19-16(23)12-4-5-18-24-12/h4-8H,1-3H3,(H,19,23). The molecule has 0 saturated carbocycles. The van der Waals surface area contributed by atoms with Crippen molar-refractivity contribution < 1.29 is 9.32 Å². The summed E-state index contributed by atoms with van der Waals surface area (Å²) < 4.78 is 7.62. The Labute approximate surface area is 147 Å². The highest BCUT2D eigenvalue weighted by Crippen LogP contribution is 2.30. The molecule has 126 valence electrons. The third-order valence-electron chi connectivity index (χ3n) is 3.73. The van der Waals surface area contributed by atoms with Crippen molar-refractivity contribution in [3.8, 4) is 5.13 Å². The van der Waals surface area contributed by atoms with E-state index < -0.39 is 0 Å². The summed E-state index contributed by atoms with van der Waals surface area (Å²) in [6.45, 7) is 5.97. The number of fused-ring (bicyclic) bond motifs is 1. The molecular weight excluding hydrogens is 338 g/mol. The quantitative estimate of drug-likeness (QED) is 0.607. The van der Waals surface area contributed by atoms with Crippen LogP contribution in [0, 0.1) is 20.8 Å². The second-order valence-corrected chi connectivity index (χ2v) is 6.85. The van der Waals surface area contributed by atoms with E-state index in [1.165, 1.54) is 29.2 Å². The number of nitrogens with zero attached hydrogens (tertiary/aromatic N) is 4. The van der Waals surface area contributed by atoms with Crippen LogP contribution in [-0.4, -0.2) is 25.8 Å². The average Bonchev–Trinajstić information content (AvgIpc) is 3.26. The highest BCUT2D eigenvalue weighted by Gasteiger charge is 2.17. The summed E-state index contributed by atoms with van der Waals surface area (Å²) in [6, 6.07) is 7.50. The fourth-order valence-corrected chi connectivity index (χ4v) is 3.80. The molecule has 0 atom stereocenters. The van der Waals surface area contributed by atoms with E-state index in [1.54, 1.807) is 10.7 Å². The largest absolute Gasteiger partial charge is 0.351 e. The molecule has 0 aliphatic heterocycles. The average molecular weight is 353 g/mol. The van der Waals surface area contributed by atoms with Crippen LogP contribution >= 0.6 is 11.3 Å². The molecule has 0 bridgehead atoms. The van der Waals surface area contributed by atoms with Gasteiger partial charge in [0.15, 0.2) is 0 Å². The second kappa shape index (κ2) is 5.82. The van der Waals surface area contributed by atoms with Crippen molar-refractivity contribution in [3.63, 3.8) is 0 Å². The monoisotopic (exact) mass is 353 g/mol. The Morgan fingerprint density at radius 3 is 2.84 bits per heavy atom. The van der Waals surface area contributed by atoms with Crippen LogP contribution < -0.4 is 5.32 Å². The summed E-state index contributed by atoms with van der Waals surface area (Å²) >= 11 is 1.53. The number of hydrogen-bond donors (Lipinski definition) is 1. The fourth-order valence-electron chi connectivity index (χ4n) is 2.69. The SMILES string of the molecule is Cc1cc(C)c2nc(-n3nc(C)cc3NC(=O)c3ccno3)sc2c1. The second-order valence-electron chi connectivity index (χ2n) is 5.84. The van der Waals surface area contributed by atoms with Gasteiger partial charge in [0.25, 0.3) is 5.91 Å². The summed E-state index contributed by atoms with van der Waals surface area (Å²) in [5.41, 5.74) is 4.04. The number of carbonyl (C=O) groups is 1. The molecule has 4 rings (SSSR count).